The zero-order chi connectivity index (χ0) is 18.7. The summed E-state index contributed by atoms with van der Waals surface area (Å²) >= 11 is 0. The van der Waals surface area contributed by atoms with E-state index in [0.717, 1.165) is 62.9 Å². The number of carbonyl (C=O) groups excluding carboxylic acids is 2. The summed E-state index contributed by atoms with van der Waals surface area (Å²) in [6, 6.07) is 5.23. The molecule has 142 valence electrons. The van der Waals surface area contributed by atoms with Gasteiger partial charge in [0.1, 0.15) is 5.75 Å². The molecule has 0 saturated carbocycles. The predicted octanol–water partition coefficient (Wildman–Crippen LogP) is 2.85. The number of benzene rings is 1. The third-order valence-corrected chi connectivity index (χ3v) is 6.06. The van der Waals surface area contributed by atoms with Crippen molar-refractivity contribution < 1.29 is 14.7 Å². The monoisotopic (exact) mass is 358 g/mol. The van der Waals surface area contributed by atoms with Crippen molar-refractivity contribution in [3.05, 3.63) is 29.3 Å². The molecule has 0 bridgehead atoms. The molecular weight excluding hydrogens is 328 g/mol. The number of rotatable bonds is 7. The van der Waals surface area contributed by atoms with Gasteiger partial charge in [0, 0.05) is 13.0 Å². The van der Waals surface area contributed by atoms with Crippen LogP contribution in [0, 0.1) is 0 Å². The van der Waals surface area contributed by atoms with Gasteiger partial charge < -0.3 is 10.0 Å². The van der Waals surface area contributed by atoms with E-state index in [0.29, 0.717) is 6.54 Å². The van der Waals surface area contributed by atoms with Crippen molar-refractivity contribution in [3.8, 4) is 5.75 Å². The number of hydrogen-bond acceptors (Lipinski definition) is 4. The first-order valence-corrected chi connectivity index (χ1v) is 9.91. The van der Waals surface area contributed by atoms with E-state index < -0.39 is 5.41 Å². The Hall–Kier alpha value is -1.88. The van der Waals surface area contributed by atoms with Crippen LogP contribution in [0.2, 0.25) is 0 Å². The smallest absolute Gasteiger partial charge is 0.240 e. The lowest BCUT2D eigenvalue weighted by molar-refractivity contribution is -0.140. The fraction of sp³-hybridized carbons (Fsp3) is 0.619. The lowest BCUT2D eigenvalue weighted by Crippen LogP contribution is -2.41. The molecule has 1 aromatic rings. The van der Waals surface area contributed by atoms with E-state index in [1.807, 2.05) is 6.07 Å². The van der Waals surface area contributed by atoms with Crippen LogP contribution in [0.3, 0.4) is 0 Å². The summed E-state index contributed by atoms with van der Waals surface area (Å²) in [5, 5.41) is 9.75. The summed E-state index contributed by atoms with van der Waals surface area (Å²) in [6.07, 6.45) is 4.59. The van der Waals surface area contributed by atoms with Gasteiger partial charge in [0.2, 0.25) is 11.8 Å². The number of hydrogen-bond donors (Lipinski definition) is 1. The number of likely N-dealkylation sites (tertiary alicyclic amines) is 1. The van der Waals surface area contributed by atoms with Crippen LogP contribution in [-0.2, 0) is 21.4 Å². The van der Waals surface area contributed by atoms with Gasteiger partial charge in [-0.1, -0.05) is 19.9 Å². The highest BCUT2D eigenvalue weighted by atomic mass is 16.3. The van der Waals surface area contributed by atoms with Gasteiger partial charge in [-0.15, -0.1) is 0 Å². The Bertz CT molecular complexity index is 684. The largest absolute Gasteiger partial charge is 0.508 e. The molecule has 3 rings (SSSR count). The average molecular weight is 358 g/mol. The number of nitrogens with zero attached hydrogens (tertiary/aromatic N) is 2. The van der Waals surface area contributed by atoms with Crippen LogP contribution in [0.25, 0.3) is 0 Å². The van der Waals surface area contributed by atoms with Crippen LogP contribution < -0.4 is 0 Å². The summed E-state index contributed by atoms with van der Waals surface area (Å²) in [5.41, 5.74) is 1.27. The summed E-state index contributed by atoms with van der Waals surface area (Å²) < 4.78 is 0. The molecule has 5 heteroatoms. The second-order valence-corrected chi connectivity index (χ2v) is 7.54. The van der Waals surface area contributed by atoms with Crippen LogP contribution in [0.15, 0.2) is 18.2 Å². The third kappa shape index (κ3) is 3.37. The molecule has 1 fully saturated rings. The number of carbonyl (C=O) groups is 2. The van der Waals surface area contributed by atoms with Crippen LogP contribution in [-0.4, -0.2) is 52.9 Å². The van der Waals surface area contributed by atoms with Crippen LogP contribution in [0.1, 0.15) is 57.1 Å². The first-order chi connectivity index (χ1) is 12.5. The van der Waals surface area contributed by atoms with E-state index in [1.165, 1.54) is 4.90 Å². The Morgan fingerprint density at radius 1 is 1.19 bits per heavy atom. The molecule has 1 unspecified atom stereocenters. The molecule has 1 aromatic carbocycles. The molecule has 0 aromatic heterocycles. The van der Waals surface area contributed by atoms with Gasteiger partial charge in [-0.05, 0) is 75.0 Å². The van der Waals surface area contributed by atoms with Gasteiger partial charge in [0.25, 0.3) is 0 Å². The van der Waals surface area contributed by atoms with Gasteiger partial charge in [0.05, 0.1) is 5.41 Å². The Morgan fingerprint density at radius 2 is 1.96 bits per heavy atom. The van der Waals surface area contributed by atoms with Crippen molar-refractivity contribution in [2.24, 2.45) is 0 Å². The zero-order valence-corrected chi connectivity index (χ0v) is 16.0. The Morgan fingerprint density at radius 3 is 2.69 bits per heavy atom. The first-order valence-electron chi connectivity index (χ1n) is 9.91. The lowest BCUT2D eigenvalue weighted by atomic mass is 9.69. The topological polar surface area (TPSA) is 60.9 Å². The van der Waals surface area contributed by atoms with Crippen LogP contribution in [0.4, 0.5) is 0 Å². The quantitative estimate of drug-likeness (QED) is 0.601. The van der Waals surface area contributed by atoms with E-state index in [4.69, 9.17) is 0 Å². The summed E-state index contributed by atoms with van der Waals surface area (Å²) in [4.78, 5) is 29.7. The molecule has 1 aliphatic carbocycles. The zero-order valence-electron chi connectivity index (χ0n) is 16.0. The Labute approximate surface area is 156 Å². The number of phenolic OH excluding ortho intramolecular Hbond substituents is 1. The van der Waals surface area contributed by atoms with Crippen molar-refractivity contribution in [2.75, 3.05) is 26.2 Å². The minimum absolute atomic E-state index is 0.0306. The van der Waals surface area contributed by atoms with Gasteiger partial charge >= 0.3 is 0 Å². The summed E-state index contributed by atoms with van der Waals surface area (Å²) in [7, 11) is 0. The van der Waals surface area contributed by atoms with E-state index >= 15 is 0 Å². The van der Waals surface area contributed by atoms with Crippen molar-refractivity contribution in [1.29, 1.82) is 0 Å². The lowest BCUT2D eigenvalue weighted by Gasteiger charge is -2.33. The maximum atomic E-state index is 13.2. The molecule has 26 heavy (non-hydrogen) atoms. The van der Waals surface area contributed by atoms with Crippen LogP contribution in [0.5, 0.6) is 5.75 Å². The molecule has 1 heterocycles. The minimum Gasteiger partial charge on any atom is -0.508 e. The molecule has 1 spiro atoms. The molecule has 1 saturated heterocycles. The number of aromatic hydroxyl groups is 1. The summed E-state index contributed by atoms with van der Waals surface area (Å²) in [6.45, 7) is 7.90. The molecule has 5 nitrogen and oxygen atoms in total. The van der Waals surface area contributed by atoms with E-state index in [2.05, 4.69) is 18.7 Å². The molecule has 0 radical (unpaired) electrons. The van der Waals surface area contributed by atoms with Gasteiger partial charge in [-0.25, -0.2) is 0 Å². The molecule has 1 aliphatic heterocycles. The van der Waals surface area contributed by atoms with Crippen LogP contribution >= 0.6 is 0 Å². The number of aryl methyl sites for hydroxylation is 1. The number of unbranched alkanes of at least 4 members (excludes halogenated alkanes) is 1. The highest BCUT2D eigenvalue weighted by Gasteiger charge is 2.53. The molecule has 2 aliphatic rings. The second kappa shape index (κ2) is 7.78. The number of phenols is 1. The van der Waals surface area contributed by atoms with E-state index in [1.54, 1.807) is 12.1 Å². The first kappa shape index (κ1) is 18.9. The SMILES string of the molecule is CCN(CC)CCCCN1C(=O)CC2(CCCc3cc(O)ccc32)C1=O. The van der Waals surface area contributed by atoms with E-state index in [-0.39, 0.29) is 24.0 Å². The Kier molecular flexibility index (Phi) is 5.66. The molecule has 2 amide bonds. The van der Waals surface area contributed by atoms with Crippen molar-refractivity contribution >= 4 is 11.8 Å². The molecule has 1 atom stereocenters. The minimum atomic E-state index is -0.697. The van der Waals surface area contributed by atoms with Gasteiger partial charge in [0.15, 0.2) is 0 Å². The highest BCUT2D eigenvalue weighted by molar-refractivity contribution is 6.09. The standard InChI is InChI=1S/C21H30N2O3/c1-3-22(4-2)12-5-6-13-23-19(25)15-21(20(23)26)11-7-8-16-14-17(24)9-10-18(16)21/h9-10,14,24H,3-8,11-13,15H2,1-2H3. The number of fused-ring (bicyclic) bond motifs is 2. The normalized spacial score (nSPS) is 22.5. The predicted molar refractivity (Wildman–Crippen MR) is 101 cm³/mol. The van der Waals surface area contributed by atoms with Crippen molar-refractivity contribution in [3.63, 3.8) is 0 Å². The number of amides is 2. The third-order valence-electron chi connectivity index (χ3n) is 6.06. The van der Waals surface area contributed by atoms with Crippen molar-refractivity contribution in [2.45, 2.75) is 57.8 Å². The van der Waals surface area contributed by atoms with Gasteiger partial charge in [-0.2, -0.15) is 0 Å². The summed E-state index contributed by atoms with van der Waals surface area (Å²) in [5.74, 6) is 0.154. The average Bonchev–Trinajstić information content (AvgIpc) is 2.86. The maximum absolute atomic E-state index is 13.2. The fourth-order valence-corrected chi connectivity index (χ4v) is 4.55. The Balaban J connectivity index is 1.70. The highest BCUT2D eigenvalue weighted by Crippen LogP contribution is 2.46. The molecular formula is C21H30N2O3. The van der Waals surface area contributed by atoms with E-state index in [9.17, 15) is 14.7 Å². The van der Waals surface area contributed by atoms with Crippen molar-refractivity contribution in [1.82, 2.24) is 9.80 Å². The van der Waals surface area contributed by atoms with Gasteiger partial charge in [-0.3, -0.25) is 14.5 Å². The second-order valence-electron chi connectivity index (χ2n) is 7.54. The number of imide groups is 1. The maximum Gasteiger partial charge on any atom is 0.240 e. The fourth-order valence-electron chi connectivity index (χ4n) is 4.55. The molecule has 1 N–H and O–H groups in total.